The van der Waals surface area contributed by atoms with Crippen LogP contribution in [0.15, 0.2) is 53.0 Å². The van der Waals surface area contributed by atoms with Gasteiger partial charge >= 0.3 is 0 Å². The lowest BCUT2D eigenvalue weighted by atomic mass is 10.1. The predicted octanol–water partition coefficient (Wildman–Crippen LogP) is 3.80. The van der Waals surface area contributed by atoms with Crippen LogP contribution < -0.4 is 5.32 Å². The molecule has 4 heteroatoms. The zero-order chi connectivity index (χ0) is 14.4. The molecule has 0 fully saturated rings. The van der Waals surface area contributed by atoms with Crippen molar-refractivity contribution in [1.82, 2.24) is 5.32 Å². The minimum Gasteiger partial charge on any atom is -0.395 e. The van der Waals surface area contributed by atoms with Crippen LogP contribution in [0.5, 0.6) is 0 Å². The smallest absolute Gasteiger partial charge is 0.0587 e. The van der Waals surface area contributed by atoms with Gasteiger partial charge in [0.25, 0.3) is 0 Å². The fourth-order valence-electron chi connectivity index (χ4n) is 2.02. The van der Waals surface area contributed by atoms with Crippen LogP contribution in [0, 0.1) is 0 Å². The van der Waals surface area contributed by atoms with Crippen molar-refractivity contribution in [3.63, 3.8) is 0 Å². The highest BCUT2D eigenvalue weighted by Crippen LogP contribution is 2.21. The summed E-state index contributed by atoms with van der Waals surface area (Å²) in [5.41, 5.74) is 2.24. The van der Waals surface area contributed by atoms with Crippen LogP contribution in [-0.2, 0) is 13.0 Å². The molecule has 0 spiro atoms. The molecule has 2 N–H and O–H groups in total. The lowest BCUT2D eigenvalue weighted by Crippen LogP contribution is -2.34. The largest absolute Gasteiger partial charge is 0.395 e. The van der Waals surface area contributed by atoms with Crippen molar-refractivity contribution in [2.24, 2.45) is 0 Å². The van der Waals surface area contributed by atoms with Gasteiger partial charge in [-0.1, -0.05) is 63.9 Å². The predicted molar refractivity (Wildman–Crippen MR) is 87.0 cm³/mol. The number of halogens is 2. The monoisotopic (exact) mass is 353 g/mol. The van der Waals surface area contributed by atoms with Crippen molar-refractivity contribution in [2.75, 3.05) is 6.61 Å². The van der Waals surface area contributed by atoms with Gasteiger partial charge in [-0.2, -0.15) is 0 Å². The van der Waals surface area contributed by atoms with E-state index in [1.165, 1.54) is 5.56 Å². The van der Waals surface area contributed by atoms with Gasteiger partial charge in [-0.3, -0.25) is 0 Å². The Hall–Kier alpha value is -0.870. The van der Waals surface area contributed by atoms with E-state index in [2.05, 4.69) is 33.4 Å². The lowest BCUT2D eigenvalue weighted by Gasteiger charge is -2.17. The normalized spacial score (nSPS) is 12.3. The van der Waals surface area contributed by atoms with Crippen molar-refractivity contribution in [3.05, 3.63) is 69.2 Å². The summed E-state index contributed by atoms with van der Waals surface area (Å²) in [7, 11) is 0. The third-order valence-corrected chi connectivity index (χ3v) is 3.99. The number of aliphatic hydroxyl groups excluding tert-OH is 1. The van der Waals surface area contributed by atoms with Crippen molar-refractivity contribution >= 4 is 27.5 Å². The molecule has 0 amide bonds. The second-order valence-corrected chi connectivity index (χ2v) is 6.01. The molecule has 0 heterocycles. The molecular weight excluding hydrogens is 338 g/mol. The molecule has 1 atom stereocenters. The van der Waals surface area contributed by atoms with Gasteiger partial charge in [0.1, 0.15) is 0 Å². The van der Waals surface area contributed by atoms with Crippen molar-refractivity contribution < 1.29 is 5.11 Å². The van der Waals surface area contributed by atoms with Crippen LogP contribution in [0.25, 0.3) is 0 Å². The lowest BCUT2D eigenvalue weighted by molar-refractivity contribution is 0.241. The summed E-state index contributed by atoms with van der Waals surface area (Å²) in [5, 5.41) is 13.5. The summed E-state index contributed by atoms with van der Waals surface area (Å²) >= 11 is 9.57. The summed E-state index contributed by atoms with van der Waals surface area (Å²) in [4.78, 5) is 0. The van der Waals surface area contributed by atoms with Crippen LogP contribution in [0.3, 0.4) is 0 Å². The fraction of sp³-hybridized carbons (Fsp3) is 0.250. The Bertz CT molecular complexity index is 547. The van der Waals surface area contributed by atoms with Gasteiger partial charge in [0.05, 0.1) is 6.61 Å². The Morgan fingerprint density at radius 3 is 2.55 bits per heavy atom. The van der Waals surface area contributed by atoms with E-state index in [4.69, 9.17) is 11.6 Å². The second kappa shape index (κ2) is 7.79. The maximum absolute atomic E-state index is 9.48. The SMILES string of the molecule is OC[C@H](Cc1ccccc1)NCc1ccc(Br)cc1Cl. The molecule has 0 aliphatic carbocycles. The molecule has 2 aromatic carbocycles. The van der Waals surface area contributed by atoms with Gasteiger partial charge in [0, 0.05) is 22.1 Å². The third kappa shape index (κ3) is 4.60. The van der Waals surface area contributed by atoms with Crippen LogP contribution >= 0.6 is 27.5 Å². The maximum Gasteiger partial charge on any atom is 0.0587 e. The van der Waals surface area contributed by atoms with Crippen LogP contribution in [-0.4, -0.2) is 17.8 Å². The molecule has 0 saturated heterocycles. The van der Waals surface area contributed by atoms with E-state index in [0.717, 1.165) is 21.5 Å². The molecule has 2 nitrogen and oxygen atoms in total. The number of aliphatic hydroxyl groups is 1. The highest BCUT2D eigenvalue weighted by Gasteiger charge is 2.09. The fourth-order valence-corrected chi connectivity index (χ4v) is 2.76. The Kier molecular flexibility index (Phi) is 6.05. The minimum atomic E-state index is 0.0251. The molecule has 0 unspecified atom stereocenters. The van der Waals surface area contributed by atoms with Gasteiger partial charge in [-0.15, -0.1) is 0 Å². The first kappa shape index (κ1) is 15.5. The molecular formula is C16H17BrClNO. The van der Waals surface area contributed by atoms with E-state index < -0.39 is 0 Å². The van der Waals surface area contributed by atoms with E-state index in [0.29, 0.717) is 6.54 Å². The first-order chi connectivity index (χ1) is 9.69. The number of benzene rings is 2. The molecule has 0 radical (unpaired) electrons. The number of nitrogens with one attached hydrogen (secondary N) is 1. The summed E-state index contributed by atoms with van der Waals surface area (Å²) in [6.07, 6.45) is 0.797. The van der Waals surface area contributed by atoms with Gasteiger partial charge in [0.15, 0.2) is 0 Å². The average Bonchev–Trinajstić information content (AvgIpc) is 2.46. The number of hydrogen-bond acceptors (Lipinski definition) is 2. The van der Waals surface area contributed by atoms with E-state index in [-0.39, 0.29) is 12.6 Å². The molecule has 0 aromatic heterocycles. The van der Waals surface area contributed by atoms with E-state index in [9.17, 15) is 5.11 Å². The highest BCUT2D eigenvalue weighted by molar-refractivity contribution is 9.10. The Balaban J connectivity index is 1.93. The Morgan fingerprint density at radius 2 is 1.90 bits per heavy atom. The molecule has 2 aromatic rings. The van der Waals surface area contributed by atoms with Crippen LogP contribution in [0.1, 0.15) is 11.1 Å². The molecule has 20 heavy (non-hydrogen) atoms. The Labute approximate surface area is 132 Å². The molecule has 106 valence electrons. The van der Waals surface area contributed by atoms with Crippen LogP contribution in [0.4, 0.5) is 0 Å². The molecule has 0 aliphatic heterocycles. The third-order valence-electron chi connectivity index (χ3n) is 3.14. The zero-order valence-corrected chi connectivity index (χ0v) is 13.4. The molecule has 2 rings (SSSR count). The highest BCUT2D eigenvalue weighted by atomic mass is 79.9. The maximum atomic E-state index is 9.48. The van der Waals surface area contributed by atoms with Gasteiger partial charge in [0.2, 0.25) is 0 Å². The van der Waals surface area contributed by atoms with Crippen molar-refractivity contribution in [3.8, 4) is 0 Å². The number of hydrogen-bond donors (Lipinski definition) is 2. The van der Waals surface area contributed by atoms with E-state index in [1.54, 1.807) is 0 Å². The van der Waals surface area contributed by atoms with Crippen molar-refractivity contribution in [1.29, 1.82) is 0 Å². The summed E-state index contributed by atoms with van der Waals surface area (Å²) in [6, 6.07) is 16.0. The quantitative estimate of drug-likeness (QED) is 0.827. The second-order valence-electron chi connectivity index (χ2n) is 4.69. The zero-order valence-electron chi connectivity index (χ0n) is 11.0. The molecule has 0 saturated carbocycles. The van der Waals surface area contributed by atoms with Crippen LogP contribution in [0.2, 0.25) is 5.02 Å². The summed E-state index contributed by atoms with van der Waals surface area (Å²) < 4.78 is 0.967. The van der Waals surface area contributed by atoms with E-state index in [1.807, 2.05) is 36.4 Å². The van der Waals surface area contributed by atoms with Gasteiger partial charge in [-0.25, -0.2) is 0 Å². The van der Waals surface area contributed by atoms with Crippen molar-refractivity contribution in [2.45, 2.75) is 19.0 Å². The topological polar surface area (TPSA) is 32.3 Å². The van der Waals surface area contributed by atoms with Gasteiger partial charge in [-0.05, 0) is 29.7 Å². The first-order valence-corrected chi connectivity index (χ1v) is 7.68. The Morgan fingerprint density at radius 1 is 1.15 bits per heavy atom. The molecule has 0 bridgehead atoms. The first-order valence-electron chi connectivity index (χ1n) is 6.51. The number of rotatable bonds is 6. The standard InChI is InChI=1S/C16H17BrClNO/c17-14-7-6-13(16(18)9-14)10-19-15(11-20)8-12-4-2-1-3-5-12/h1-7,9,15,19-20H,8,10-11H2/t15-/m0/s1. The van der Waals surface area contributed by atoms with Gasteiger partial charge < -0.3 is 10.4 Å². The molecule has 0 aliphatic rings. The minimum absolute atomic E-state index is 0.0251. The summed E-state index contributed by atoms with van der Waals surface area (Å²) in [5.74, 6) is 0. The average molecular weight is 355 g/mol. The summed E-state index contributed by atoms with van der Waals surface area (Å²) in [6.45, 7) is 0.743. The van der Waals surface area contributed by atoms with E-state index >= 15 is 0 Å².